The molecule has 1 saturated heterocycles. The van der Waals surface area contributed by atoms with Crippen molar-refractivity contribution >= 4 is 5.97 Å². The number of hydrogen-bond donors (Lipinski definition) is 1. The molecule has 25 heavy (non-hydrogen) atoms. The second-order valence-electron chi connectivity index (χ2n) is 10.1. The van der Waals surface area contributed by atoms with Crippen LogP contribution in [0.2, 0.25) is 0 Å². The number of aliphatic hydroxyl groups is 1. The predicted octanol–water partition coefficient (Wildman–Crippen LogP) is 4.39. The van der Waals surface area contributed by atoms with Crippen LogP contribution in [0.25, 0.3) is 0 Å². The van der Waals surface area contributed by atoms with Crippen LogP contribution < -0.4 is 0 Å². The van der Waals surface area contributed by atoms with Crippen molar-refractivity contribution in [2.24, 2.45) is 28.6 Å². The molecule has 138 valence electrons. The van der Waals surface area contributed by atoms with Crippen LogP contribution in [-0.2, 0) is 9.53 Å². The van der Waals surface area contributed by atoms with Gasteiger partial charge in [-0.3, -0.25) is 4.79 Å². The van der Waals surface area contributed by atoms with Gasteiger partial charge in [-0.05, 0) is 81.0 Å². The fourth-order valence-corrected chi connectivity index (χ4v) is 8.00. The Labute approximate surface area is 151 Å². The summed E-state index contributed by atoms with van der Waals surface area (Å²) in [7, 11) is 0. The molecular formula is C22H32O3. The van der Waals surface area contributed by atoms with E-state index in [1.54, 1.807) is 0 Å². The monoisotopic (exact) mass is 344 g/mol. The third-order valence-corrected chi connectivity index (χ3v) is 9.42. The summed E-state index contributed by atoms with van der Waals surface area (Å²) in [5, 5.41) is 10.1. The van der Waals surface area contributed by atoms with E-state index in [4.69, 9.17) is 4.74 Å². The summed E-state index contributed by atoms with van der Waals surface area (Å²) >= 11 is 0. The molecule has 0 amide bonds. The average Bonchev–Trinajstić information content (AvgIpc) is 3.10. The lowest BCUT2D eigenvalue weighted by Gasteiger charge is -2.59. The van der Waals surface area contributed by atoms with Crippen LogP contribution >= 0.6 is 0 Å². The fraction of sp³-hybridized carbons (Fsp3) is 0.864. The molecule has 0 radical (unpaired) electrons. The Morgan fingerprint density at radius 2 is 1.80 bits per heavy atom. The van der Waals surface area contributed by atoms with Crippen LogP contribution in [0.3, 0.4) is 0 Å². The zero-order chi connectivity index (χ0) is 17.4. The van der Waals surface area contributed by atoms with Gasteiger partial charge in [0.25, 0.3) is 0 Å². The molecule has 7 atom stereocenters. The highest BCUT2D eigenvalue weighted by Gasteiger charge is 2.66. The van der Waals surface area contributed by atoms with E-state index in [0.717, 1.165) is 43.9 Å². The highest BCUT2D eigenvalue weighted by molar-refractivity contribution is 5.72. The van der Waals surface area contributed by atoms with E-state index < -0.39 is 0 Å². The van der Waals surface area contributed by atoms with E-state index in [1.807, 2.05) is 0 Å². The first-order valence-corrected chi connectivity index (χ1v) is 10.5. The molecule has 0 bridgehead atoms. The topological polar surface area (TPSA) is 46.5 Å². The lowest BCUT2D eigenvalue weighted by molar-refractivity contribution is -0.168. The molecule has 4 unspecified atom stereocenters. The number of aliphatic hydroxyl groups excluding tert-OH is 1. The summed E-state index contributed by atoms with van der Waals surface area (Å²) in [4.78, 5) is 11.9. The lowest BCUT2D eigenvalue weighted by atomic mass is 9.46. The predicted molar refractivity (Wildman–Crippen MR) is 95.8 cm³/mol. The van der Waals surface area contributed by atoms with Crippen molar-refractivity contribution in [1.82, 2.24) is 0 Å². The number of allylic oxidation sites excluding steroid dienone is 1. The molecule has 0 aromatic rings. The van der Waals surface area contributed by atoms with Crippen molar-refractivity contribution in [2.45, 2.75) is 89.8 Å². The van der Waals surface area contributed by atoms with E-state index in [-0.39, 0.29) is 23.1 Å². The molecule has 5 aliphatic rings. The number of hydrogen-bond acceptors (Lipinski definition) is 3. The molecule has 1 N–H and O–H groups in total. The normalized spacial score (nSPS) is 54.5. The second-order valence-corrected chi connectivity index (χ2v) is 10.1. The molecule has 4 aliphatic carbocycles. The zero-order valence-corrected chi connectivity index (χ0v) is 15.7. The number of rotatable bonds is 0. The molecule has 0 aromatic heterocycles. The van der Waals surface area contributed by atoms with Gasteiger partial charge in [-0.15, -0.1) is 0 Å². The van der Waals surface area contributed by atoms with Gasteiger partial charge in [0.15, 0.2) is 0 Å². The van der Waals surface area contributed by atoms with E-state index in [1.165, 1.54) is 31.3 Å². The maximum absolute atomic E-state index is 11.9. The summed E-state index contributed by atoms with van der Waals surface area (Å²) in [6, 6.07) is 0. The number of ether oxygens (including phenoxy) is 1. The van der Waals surface area contributed by atoms with Crippen LogP contribution in [0.4, 0.5) is 0 Å². The van der Waals surface area contributed by atoms with Gasteiger partial charge in [0.2, 0.25) is 0 Å². The Kier molecular flexibility index (Phi) is 3.35. The Morgan fingerprint density at radius 3 is 2.56 bits per heavy atom. The highest BCUT2D eigenvalue weighted by atomic mass is 16.6. The standard InChI is InChI=1S/C22H32O3/c1-20-9-5-15(23)13-14(20)3-4-16-17(20)6-10-21(2)18(16)7-11-22(21)12-8-19(24)25-22/h13,15-18,23H,3-12H2,1-2H3/t15?,16?,17?,18?,20-,21-,22+/m0/s1. The Morgan fingerprint density at radius 1 is 1.00 bits per heavy atom. The van der Waals surface area contributed by atoms with Gasteiger partial charge in [0.1, 0.15) is 5.60 Å². The van der Waals surface area contributed by atoms with Gasteiger partial charge >= 0.3 is 5.97 Å². The first-order valence-electron chi connectivity index (χ1n) is 10.5. The summed E-state index contributed by atoms with van der Waals surface area (Å²) in [6.07, 6.45) is 12.8. The number of esters is 1. The molecule has 4 fully saturated rings. The number of fused-ring (bicyclic) bond motifs is 6. The minimum absolute atomic E-state index is 0.0334. The van der Waals surface area contributed by atoms with E-state index in [0.29, 0.717) is 17.8 Å². The molecule has 0 aromatic carbocycles. The van der Waals surface area contributed by atoms with Crippen LogP contribution in [0.1, 0.15) is 78.1 Å². The largest absolute Gasteiger partial charge is 0.458 e. The van der Waals surface area contributed by atoms with Gasteiger partial charge < -0.3 is 9.84 Å². The quantitative estimate of drug-likeness (QED) is 0.524. The van der Waals surface area contributed by atoms with E-state index >= 15 is 0 Å². The van der Waals surface area contributed by atoms with Gasteiger partial charge in [-0.1, -0.05) is 25.5 Å². The van der Waals surface area contributed by atoms with E-state index in [9.17, 15) is 9.90 Å². The molecule has 3 heteroatoms. The van der Waals surface area contributed by atoms with Crippen LogP contribution in [-0.4, -0.2) is 22.8 Å². The van der Waals surface area contributed by atoms with Crippen molar-refractivity contribution in [3.8, 4) is 0 Å². The first kappa shape index (κ1) is 16.4. The minimum atomic E-state index is -0.221. The van der Waals surface area contributed by atoms with Gasteiger partial charge in [0, 0.05) is 11.8 Å². The number of carbonyl (C=O) groups is 1. The van der Waals surface area contributed by atoms with Crippen molar-refractivity contribution in [1.29, 1.82) is 0 Å². The molecular weight excluding hydrogens is 312 g/mol. The van der Waals surface area contributed by atoms with Crippen molar-refractivity contribution < 1.29 is 14.6 Å². The Hall–Kier alpha value is -0.830. The summed E-state index contributed by atoms with van der Waals surface area (Å²) in [5.74, 6) is 2.27. The Balaban J connectivity index is 1.48. The van der Waals surface area contributed by atoms with E-state index in [2.05, 4.69) is 19.9 Å². The Bertz CT molecular complexity index is 639. The van der Waals surface area contributed by atoms with Crippen molar-refractivity contribution in [2.75, 3.05) is 0 Å². The first-order chi connectivity index (χ1) is 11.9. The smallest absolute Gasteiger partial charge is 0.306 e. The van der Waals surface area contributed by atoms with Crippen LogP contribution in [0, 0.1) is 28.6 Å². The van der Waals surface area contributed by atoms with Gasteiger partial charge in [-0.2, -0.15) is 0 Å². The minimum Gasteiger partial charge on any atom is -0.458 e. The molecule has 5 rings (SSSR count). The summed E-state index contributed by atoms with van der Waals surface area (Å²) in [5.41, 5.74) is 1.87. The van der Waals surface area contributed by atoms with Crippen molar-refractivity contribution in [3.05, 3.63) is 11.6 Å². The summed E-state index contributed by atoms with van der Waals surface area (Å²) in [6.45, 7) is 4.92. The molecule has 1 aliphatic heterocycles. The van der Waals surface area contributed by atoms with Crippen LogP contribution in [0.15, 0.2) is 11.6 Å². The molecule has 3 nitrogen and oxygen atoms in total. The SMILES string of the molecule is C[C@]12CCC(O)C=C1CCC1C2CC[C@@]2(C)C1CC[C@@]21CCC(=O)O1. The maximum atomic E-state index is 11.9. The highest BCUT2D eigenvalue weighted by Crippen LogP contribution is 2.69. The van der Waals surface area contributed by atoms with Crippen LogP contribution in [0.5, 0.6) is 0 Å². The average molecular weight is 344 g/mol. The maximum Gasteiger partial charge on any atom is 0.306 e. The number of carbonyl (C=O) groups excluding carboxylic acids is 1. The van der Waals surface area contributed by atoms with Crippen molar-refractivity contribution in [3.63, 3.8) is 0 Å². The molecule has 3 saturated carbocycles. The molecule has 1 spiro atoms. The summed E-state index contributed by atoms with van der Waals surface area (Å²) < 4.78 is 6.02. The fourth-order valence-electron chi connectivity index (χ4n) is 8.00. The molecule has 1 heterocycles. The third kappa shape index (κ3) is 1.99. The van der Waals surface area contributed by atoms with Gasteiger partial charge in [-0.25, -0.2) is 0 Å². The second kappa shape index (κ2) is 5.12. The third-order valence-electron chi connectivity index (χ3n) is 9.42. The lowest BCUT2D eigenvalue weighted by Crippen LogP contribution is -2.54. The van der Waals surface area contributed by atoms with Gasteiger partial charge in [0.05, 0.1) is 6.10 Å². The zero-order valence-electron chi connectivity index (χ0n) is 15.7.